The van der Waals surface area contributed by atoms with E-state index in [1.165, 1.54) is 12.1 Å². The first-order valence-corrected chi connectivity index (χ1v) is 5.85. The summed E-state index contributed by atoms with van der Waals surface area (Å²) in [6.45, 7) is 5.23. The molecule has 0 aliphatic carbocycles. The summed E-state index contributed by atoms with van der Waals surface area (Å²) in [5.74, 6) is -0.884. The summed E-state index contributed by atoms with van der Waals surface area (Å²) >= 11 is 5.53. The fourth-order valence-corrected chi connectivity index (χ4v) is 1.39. The van der Waals surface area contributed by atoms with Gasteiger partial charge in [-0.15, -0.1) is 0 Å². The van der Waals surface area contributed by atoms with Crippen LogP contribution in [-0.4, -0.2) is 25.0 Å². The normalized spacial score (nSPS) is 10.6. The van der Waals surface area contributed by atoms with Crippen molar-refractivity contribution in [3.8, 4) is 0 Å². The molecule has 5 heteroatoms. The Hall–Kier alpha value is -1.13. The predicted molar refractivity (Wildman–Crippen MR) is 66.9 cm³/mol. The molecule has 0 saturated carbocycles. The quantitative estimate of drug-likeness (QED) is 0.795. The SMILES string of the molecule is CC(C)NCCNC(=O)c1ccc(Cl)c(F)c1. The van der Waals surface area contributed by atoms with Crippen molar-refractivity contribution in [3.05, 3.63) is 34.6 Å². The summed E-state index contributed by atoms with van der Waals surface area (Å²) in [6, 6.07) is 4.38. The first kappa shape index (κ1) is 13.9. The maximum atomic E-state index is 13.1. The Labute approximate surface area is 105 Å². The van der Waals surface area contributed by atoms with Crippen LogP contribution in [0, 0.1) is 5.82 Å². The van der Waals surface area contributed by atoms with E-state index in [0.29, 0.717) is 19.1 Å². The molecule has 0 saturated heterocycles. The lowest BCUT2D eigenvalue weighted by Crippen LogP contribution is -2.34. The van der Waals surface area contributed by atoms with Crippen LogP contribution in [0.15, 0.2) is 18.2 Å². The van der Waals surface area contributed by atoms with Crippen molar-refractivity contribution in [1.29, 1.82) is 0 Å². The van der Waals surface area contributed by atoms with Crippen LogP contribution in [0.1, 0.15) is 24.2 Å². The maximum absolute atomic E-state index is 13.1. The Bertz CT molecular complexity index is 396. The van der Waals surface area contributed by atoms with Gasteiger partial charge in [0.05, 0.1) is 5.02 Å². The first-order chi connectivity index (χ1) is 8.00. The molecule has 0 atom stereocenters. The summed E-state index contributed by atoms with van der Waals surface area (Å²) in [4.78, 5) is 11.6. The Kier molecular flexibility index (Phi) is 5.38. The Morgan fingerprint density at radius 1 is 1.41 bits per heavy atom. The molecule has 0 aliphatic heterocycles. The first-order valence-electron chi connectivity index (χ1n) is 5.47. The second-order valence-electron chi connectivity index (χ2n) is 3.99. The van der Waals surface area contributed by atoms with E-state index >= 15 is 0 Å². The third kappa shape index (κ3) is 4.71. The Morgan fingerprint density at radius 3 is 2.71 bits per heavy atom. The number of benzene rings is 1. The van der Waals surface area contributed by atoms with Gasteiger partial charge in [0.2, 0.25) is 0 Å². The molecule has 1 aromatic rings. The second-order valence-corrected chi connectivity index (χ2v) is 4.40. The minimum absolute atomic E-state index is 0.0167. The Balaban J connectivity index is 2.44. The van der Waals surface area contributed by atoms with Crippen LogP contribution in [-0.2, 0) is 0 Å². The van der Waals surface area contributed by atoms with Crippen LogP contribution in [0.3, 0.4) is 0 Å². The van der Waals surface area contributed by atoms with Crippen molar-refractivity contribution >= 4 is 17.5 Å². The summed E-state index contributed by atoms with van der Waals surface area (Å²) in [6.07, 6.45) is 0. The second kappa shape index (κ2) is 6.57. The monoisotopic (exact) mass is 258 g/mol. The Morgan fingerprint density at radius 2 is 2.12 bits per heavy atom. The van der Waals surface area contributed by atoms with Crippen molar-refractivity contribution < 1.29 is 9.18 Å². The van der Waals surface area contributed by atoms with E-state index in [4.69, 9.17) is 11.6 Å². The van der Waals surface area contributed by atoms with Gasteiger partial charge in [-0.3, -0.25) is 4.79 Å². The zero-order valence-electron chi connectivity index (χ0n) is 9.89. The fourth-order valence-electron chi connectivity index (χ4n) is 1.28. The summed E-state index contributed by atoms with van der Waals surface area (Å²) in [5, 5.41) is 5.87. The highest BCUT2D eigenvalue weighted by Crippen LogP contribution is 2.15. The van der Waals surface area contributed by atoms with Crippen LogP contribution < -0.4 is 10.6 Å². The summed E-state index contributed by atoms with van der Waals surface area (Å²) in [7, 11) is 0. The molecule has 1 amide bonds. The molecule has 0 radical (unpaired) electrons. The van der Waals surface area contributed by atoms with Gasteiger partial charge in [0, 0.05) is 24.7 Å². The summed E-state index contributed by atoms with van der Waals surface area (Å²) in [5.41, 5.74) is 0.274. The third-order valence-corrected chi connectivity index (χ3v) is 2.45. The number of halogens is 2. The fraction of sp³-hybridized carbons (Fsp3) is 0.417. The van der Waals surface area contributed by atoms with E-state index in [2.05, 4.69) is 10.6 Å². The predicted octanol–water partition coefficient (Wildman–Crippen LogP) is 2.21. The van der Waals surface area contributed by atoms with Crippen LogP contribution >= 0.6 is 11.6 Å². The standard InChI is InChI=1S/C12H16ClFN2O/c1-8(2)15-5-6-16-12(17)9-3-4-10(13)11(14)7-9/h3-4,7-8,15H,5-6H2,1-2H3,(H,16,17). The minimum Gasteiger partial charge on any atom is -0.351 e. The molecular weight excluding hydrogens is 243 g/mol. The molecule has 0 unspecified atom stereocenters. The number of rotatable bonds is 5. The van der Waals surface area contributed by atoms with E-state index in [1.54, 1.807) is 0 Å². The van der Waals surface area contributed by atoms with Crippen LogP contribution in [0.2, 0.25) is 5.02 Å². The molecule has 0 bridgehead atoms. The van der Waals surface area contributed by atoms with E-state index < -0.39 is 5.82 Å². The topological polar surface area (TPSA) is 41.1 Å². The van der Waals surface area contributed by atoms with Gasteiger partial charge in [-0.1, -0.05) is 25.4 Å². The van der Waals surface area contributed by atoms with E-state index in [1.807, 2.05) is 13.8 Å². The molecule has 3 nitrogen and oxygen atoms in total. The van der Waals surface area contributed by atoms with Gasteiger partial charge in [0.15, 0.2) is 0 Å². The van der Waals surface area contributed by atoms with Crippen molar-refractivity contribution in [3.63, 3.8) is 0 Å². The van der Waals surface area contributed by atoms with Crippen molar-refractivity contribution in [1.82, 2.24) is 10.6 Å². The van der Waals surface area contributed by atoms with Gasteiger partial charge in [-0.25, -0.2) is 4.39 Å². The number of hydrogen-bond acceptors (Lipinski definition) is 2. The zero-order valence-corrected chi connectivity index (χ0v) is 10.6. The molecular formula is C12H16ClFN2O. The molecule has 0 aromatic heterocycles. The highest BCUT2D eigenvalue weighted by Gasteiger charge is 2.07. The van der Waals surface area contributed by atoms with Gasteiger partial charge in [-0.2, -0.15) is 0 Å². The maximum Gasteiger partial charge on any atom is 0.251 e. The van der Waals surface area contributed by atoms with Gasteiger partial charge in [0.25, 0.3) is 5.91 Å². The summed E-state index contributed by atoms with van der Waals surface area (Å²) < 4.78 is 13.1. The van der Waals surface area contributed by atoms with E-state index in [-0.39, 0.29) is 16.5 Å². The molecule has 0 heterocycles. The highest BCUT2D eigenvalue weighted by molar-refractivity contribution is 6.30. The lowest BCUT2D eigenvalue weighted by molar-refractivity contribution is 0.0953. The van der Waals surface area contributed by atoms with E-state index in [9.17, 15) is 9.18 Å². The largest absolute Gasteiger partial charge is 0.351 e. The van der Waals surface area contributed by atoms with Gasteiger partial charge >= 0.3 is 0 Å². The van der Waals surface area contributed by atoms with Gasteiger partial charge in [-0.05, 0) is 18.2 Å². The average molecular weight is 259 g/mol. The average Bonchev–Trinajstić information content (AvgIpc) is 2.27. The number of nitrogens with one attached hydrogen (secondary N) is 2. The molecule has 0 fully saturated rings. The number of amides is 1. The van der Waals surface area contributed by atoms with Gasteiger partial charge < -0.3 is 10.6 Å². The van der Waals surface area contributed by atoms with Crippen molar-refractivity contribution in [2.45, 2.75) is 19.9 Å². The van der Waals surface area contributed by atoms with Crippen LogP contribution in [0.4, 0.5) is 4.39 Å². The number of hydrogen-bond donors (Lipinski definition) is 2. The number of carbonyl (C=O) groups is 1. The smallest absolute Gasteiger partial charge is 0.251 e. The molecule has 0 aliphatic rings. The van der Waals surface area contributed by atoms with Crippen molar-refractivity contribution in [2.24, 2.45) is 0 Å². The highest BCUT2D eigenvalue weighted by atomic mass is 35.5. The van der Waals surface area contributed by atoms with Crippen molar-refractivity contribution in [2.75, 3.05) is 13.1 Å². The molecule has 17 heavy (non-hydrogen) atoms. The molecule has 0 spiro atoms. The zero-order chi connectivity index (χ0) is 12.8. The number of carbonyl (C=O) groups excluding carboxylic acids is 1. The van der Waals surface area contributed by atoms with Gasteiger partial charge in [0.1, 0.15) is 5.82 Å². The minimum atomic E-state index is -0.584. The lowest BCUT2D eigenvalue weighted by atomic mass is 10.2. The van der Waals surface area contributed by atoms with E-state index in [0.717, 1.165) is 6.07 Å². The lowest BCUT2D eigenvalue weighted by Gasteiger charge is -2.09. The van der Waals surface area contributed by atoms with Crippen LogP contribution in [0.25, 0.3) is 0 Å². The molecule has 1 rings (SSSR count). The van der Waals surface area contributed by atoms with Crippen LogP contribution in [0.5, 0.6) is 0 Å². The third-order valence-electron chi connectivity index (χ3n) is 2.14. The molecule has 94 valence electrons. The molecule has 1 aromatic carbocycles. The molecule has 2 N–H and O–H groups in total.